The summed E-state index contributed by atoms with van der Waals surface area (Å²) in [6.07, 6.45) is 12.3. The number of ether oxygens (including phenoxy) is 2. The molecule has 0 aromatic heterocycles. The summed E-state index contributed by atoms with van der Waals surface area (Å²) < 4.78 is 12.5. The van der Waals surface area contributed by atoms with Crippen LogP contribution in [0.1, 0.15) is 62.1 Å². The maximum atomic E-state index is 15.0. The molecule has 2 saturated heterocycles. The summed E-state index contributed by atoms with van der Waals surface area (Å²) in [5, 5.41) is 13.9. The van der Waals surface area contributed by atoms with Gasteiger partial charge in [-0.15, -0.1) is 0 Å². The number of rotatable bonds is 6. The number of carbonyl (C=O) groups is 4. The van der Waals surface area contributed by atoms with Gasteiger partial charge >= 0.3 is 5.97 Å². The number of hydrogen-bond acceptors (Lipinski definition) is 7. The summed E-state index contributed by atoms with van der Waals surface area (Å²) in [7, 11) is 0. The van der Waals surface area contributed by atoms with E-state index in [-0.39, 0.29) is 43.5 Å². The summed E-state index contributed by atoms with van der Waals surface area (Å²) in [6, 6.07) is 16.5. The van der Waals surface area contributed by atoms with Crippen LogP contribution < -0.4 is 5.32 Å². The molecular weight excluding hydrogens is 622 g/mol. The molecule has 1 saturated carbocycles. The third-order valence-corrected chi connectivity index (χ3v) is 11.0. The van der Waals surface area contributed by atoms with Gasteiger partial charge in [-0.05, 0) is 36.8 Å². The molecule has 3 amide bonds. The summed E-state index contributed by atoms with van der Waals surface area (Å²) >= 11 is 0. The number of esters is 1. The van der Waals surface area contributed by atoms with Crippen LogP contribution in [-0.4, -0.2) is 88.2 Å². The van der Waals surface area contributed by atoms with Crippen molar-refractivity contribution in [2.75, 3.05) is 19.8 Å². The lowest BCUT2D eigenvalue weighted by Crippen LogP contribution is -2.60. The van der Waals surface area contributed by atoms with Gasteiger partial charge in [0.05, 0.1) is 36.6 Å². The molecule has 2 aromatic rings. The number of nitrogens with one attached hydrogen (secondary N) is 1. The van der Waals surface area contributed by atoms with Crippen LogP contribution in [0, 0.1) is 11.8 Å². The molecule has 0 unspecified atom stereocenters. The molecule has 5 aliphatic rings. The van der Waals surface area contributed by atoms with Gasteiger partial charge in [0, 0.05) is 19.0 Å². The van der Waals surface area contributed by atoms with E-state index < -0.39 is 47.6 Å². The predicted octanol–water partition coefficient (Wildman–Crippen LogP) is 3.65. The van der Waals surface area contributed by atoms with Gasteiger partial charge < -0.3 is 29.7 Å². The lowest BCUT2D eigenvalue weighted by atomic mass is 9.77. The average Bonchev–Trinajstić information content (AvgIpc) is 3.52. The number of aliphatic hydroxyl groups excluding tert-OH is 1. The zero-order valence-electron chi connectivity index (χ0n) is 27.7. The van der Waals surface area contributed by atoms with E-state index in [1.807, 2.05) is 77.7 Å². The quantitative estimate of drug-likeness (QED) is 0.356. The zero-order chi connectivity index (χ0) is 34.0. The average molecular weight is 668 g/mol. The molecule has 49 heavy (non-hydrogen) atoms. The monoisotopic (exact) mass is 667 g/mol. The summed E-state index contributed by atoms with van der Waals surface area (Å²) in [5.41, 5.74) is 0.245. The van der Waals surface area contributed by atoms with Crippen LogP contribution >= 0.6 is 0 Å². The number of hydrogen-bond donors (Lipinski definition) is 2. The Bertz CT molecular complexity index is 1590. The van der Waals surface area contributed by atoms with Crippen molar-refractivity contribution in [1.29, 1.82) is 0 Å². The van der Waals surface area contributed by atoms with Crippen LogP contribution in [0.2, 0.25) is 0 Å². The second-order valence-electron chi connectivity index (χ2n) is 13.9. The van der Waals surface area contributed by atoms with Gasteiger partial charge in [0.1, 0.15) is 18.2 Å². The minimum absolute atomic E-state index is 0.0423. The van der Waals surface area contributed by atoms with E-state index in [1.54, 1.807) is 17.1 Å². The van der Waals surface area contributed by atoms with Gasteiger partial charge in [-0.2, -0.15) is 0 Å². The van der Waals surface area contributed by atoms with E-state index in [9.17, 15) is 19.5 Å². The fraction of sp³-hybridized carbons (Fsp3) is 0.487. The Morgan fingerprint density at radius 1 is 0.918 bits per heavy atom. The minimum Gasteiger partial charge on any atom is -0.463 e. The molecule has 3 fully saturated rings. The summed E-state index contributed by atoms with van der Waals surface area (Å²) in [4.78, 5) is 60.5. The van der Waals surface area contributed by atoms with Crippen molar-refractivity contribution in [3.8, 4) is 0 Å². The first-order chi connectivity index (χ1) is 23.9. The maximum absolute atomic E-state index is 15.0. The van der Waals surface area contributed by atoms with Gasteiger partial charge in [0.2, 0.25) is 17.7 Å². The van der Waals surface area contributed by atoms with Crippen LogP contribution in [0.5, 0.6) is 0 Å². The SMILES string of the molecule is O=C1CC/C=C\[C@H]2O[C@]34C=CCN(C5CCCCC5)C(=O)[C@H]3N([C@@H](CO)Cc3ccccc3)C(=O)[C@@H]4[C@H]2C(=O)N[C@H](c2ccccc2)CO1. The summed E-state index contributed by atoms with van der Waals surface area (Å²) in [5.74, 6) is -3.39. The van der Waals surface area contributed by atoms with Crippen molar-refractivity contribution in [1.82, 2.24) is 15.1 Å². The van der Waals surface area contributed by atoms with E-state index in [1.165, 1.54) is 0 Å². The van der Waals surface area contributed by atoms with Crippen molar-refractivity contribution in [2.24, 2.45) is 11.8 Å². The minimum atomic E-state index is -1.44. The Balaban J connectivity index is 1.31. The molecule has 10 heteroatoms. The van der Waals surface area contributed by atoms with Gasteiger partial charge in [0.25, 0.3) is 0 Å². The van der Waals surface area contributed by atoms with E-state index in [0.717, 1.165) is 43.2 Å². The zero-order valence-corrected chi connectivity index (χ0v) is 27.7. The van der Waals surface area contributed by atoms with Gasteiger partial charge in [0.15, 0.2) is 0 Å². The Morgan fingerprint density at radius 2 is 1.65 bits per heavy atom. The molecule has 258 valence electrons. The van der Waals surface area contributed by atoms with Crippen molar-refractivity contribution >= 4 is 23.7 Å². The van der Waals surface area contributed by atoms with E-state index in [0.29, 0.717) is 19.4 Å². The van der Waals surface area contributed by atoms with Crippen LogP contribution in [0.3, 0.4) is 0 Å². The molecular formula is C39H45N3O7. The smallest absolute Gasteiger partial charge is 0.306 e. The number of carbonyl (C=O) groups excluding carboxylic acids is 4. The maximum Gasteiger partial charge on any atom is 0.306 e. The molecule has 0 bridgehead atoms. The standard InChI is InChI=1S/C39H45N3O7/c43-24-29(23-26-13-4-1-5-14-26)42-35-38(47)41(28-17-8-3-9-18-28)22-12-21-39(35)34(37(42)46)33-31(49-39)19-10-11-20-32(44)48-25-30(40-36(33)45)27-15-6-2-7-16-27/h1-2,4-7,10,12-16,19,21,28-31,33-35,43H,3,8-9,11,17-18,20,22-25H2,(H,40,45)/b19-10-/t29-,30+,31-,33+,34+,35-,39+/m1/s1. The van der Waals surface area contributed by atoms with Gasteiger partial charge in [-0.1, -0.05) is 104 Å². The normalized spacial score (nSPS) is 32.1. The molecule has 1 aliphatic carbocycles. The molecule has 7 rings (SSSR count). The number of nitrogens with zero attached hydrogens (tertiary/aromatic N) is 2. The molecule has 7 atom stereocenters. The highest BCUT2D eigenvalue weighted by Crippen LogP contribution is 2.54. The number of fused-ring (bicyclic) bond motifs is 2. The third-order valence-electron chi connectivity index (χ3n) is 11.0. The highest BCUT2D eigenvalue weighted by molar-refractivity contribution is 6.00. The van der Waals surface area contributed by atoms with Crippen molar-refractivity contribution in [3.63, 3.8) is 0 Å². The molecule has 2 aromatic carbocycles. The second kappa shape index (κ2) is 14.3. The largest absolute Gasteiger partial charge is 0.463 e. The van der Waals surface area contributed by atoms with Crippen molar-refractivity contribution in [2.45, 2.75) is 87.2 Å². The number of likely N-dealkylation sites (tertiary alicyclic amines) is 1. The molecule has 2 N–H and O–H groups in total. The van der Waals surface area contributed by atoms with E-state index in [2.05, 4.69) is 5.32 Å². The Labute approximate surface area is 287 Å². The first-order valence-corrected chi connectivity index (χ1v) is 17.7. The highest BCUT2D eigenvalue weighted by atomic mass is 16.5. The van der Waals surface area contributed by atoms with Gasteiger partial charge in [-0.25, -0.2) is 0 Å². The van der Waals surface area contributed by atoms with Crippen molar-refractivity contribution < 1.29 is 33.8 Å². The fourth-order valence-electron chi connectivity index (χ4n) is 8.65. The molecule has 4 heterocycles. The van der Waals surface area contributed by atoms with E-state index in [4.69, 9.17) is 9.47 Å². The lowest BCUT2D eigenvalue weighted by molar-refractivity contribution is -0.152. The first-order valence-electron chi connectivity index (χ1n) is 17.7. The summed E-state index contributed by atoms with van der Waals surface area (Å²) in [6.45, 7) is -0.0370. The molecule has 0 radical (unpaired) electrons. The predicted molar refractivity (Wildman–Crippen MR) is 181 cm³/mol. The van der Waals surface area contributed by atoms with Crippen molar-refractivity contribution in [3.05, 3.63) is 96.1 Å². The molecule has 1 spiro atoms. The topological polar surface area (TPSA) is 125 Å². The van der Waals surface area contributed by atoms with E-state index >= 15 is 4.79 Å². The molecule has 4 aliphatic heterocycles. The lowest BCUT2D eigenvalue weighted by Gasteiger charge is -2.41. The van der Waals surface area contributed by atoms with Gasteiger partial charge in [-0.3, -0.25) is 19.2 Å². The van der Waals surface area contributed by atoms with Crippen LogP contribution in [0.15, 0.2) is 85.0 Å². The number of allylic oxidation sites excluding steroid dienone is 1. The first kappa shape index (κ1) is 33.2. The second-order valence-corrected chi connectivity index (χ2v) is 13.9. The third kappa shape index (κ3) is 6.32. The number of aliphatic hydroxyl groups is 1. The number of amides is 3. The fourth-order valence-corrected chi connectivity index (χ4v) is 8.65. The number of benzene rings is 2. The number of cyclic esters (lactones) is 1. The molecule has 10 nitrogen and oxygen atoms in total. The Morgan fingerprint density at radius 3 is 2.39 bits per heavy atom. The van der Waals surface area contributed by atoms with Crippen LogP contribution in [-0.2, 0) is 35.1 Å². The Hall–Kier alpha value is -4.28. The Kier molecular flexibility index (Phi) is 9.69. The van der Waals surface area contributed by atoms with Crippen LogP contribution in [0.25, 0.3) is 0 Å². The van der Waals surface area contributed by atoms with Crippen LogP contribution in [0.4, 0.5) is 0 Å². The highest BCUT2D eigenvalue weighted by Gasteiger charge is 2.72.